The van der Waals surface area contributed by atoms with Crippen LogP contribution in [0.5, 0.6) is 5.75 Å². The zero-order valence-corrected chi connectivity index (χ0v) is 21.1. The highest BCUT2D eigenvalue weighted by atomic mass is 127. The summed E-state index contributed by atoms with van der Waals surface area (Å²) < 4.78 is 10.6. The van der Waals surface area contributed by atoms with Crippen LogP contribution in [0.3, 0.4) is 0 Å². The lowest BCUT2D eigenvalue weighted by Crippen LogP contribution is -2.44. The fraction of sp³-hybridized carbons (Fsp3) is 0.455. The summed E-state index contributed by atoms with van der Waals surface area (Å²) in [6.07, 6.45) is 2.78. The van der Waals surface area contributed by atoms with Crippen molar-refractivity contribution in [3.8, 4) is 5.75 Å². The molecule has 0 saturated carbocycles. The van der Waals surface area contributed by atoms with Gasteiger partial charge in [0.15, 0.2) is 5.96 Å². The average molecular weight is 560 g/mol. The largest absolute Gasteiger partial charge is 0.491 e. The molecule has 2 aromatic rings. The van der Waals surface area contributed by atoms with Gasteiger partial charge in [-0.25, -0.2) is 9.98 Å². The second kappa shape index (κ2) is 13.6. The van der Waals surface area contributed by atoms with Gasteiger partial charge in [-0.2, -0.15) is 0 Å². The van der Waals surface area contributed by atoms with E-state index in [1.54, 1.807) is 13.3 Å². The smallest absolute Gasteiger partial charge is 0.191 e. The quantitative estimate of drug-likeness (QED) is 0.211. The molecule has 1 saturated heterocycles. The van der Waals surface area contributed by atoms with E-state index in [-0.39, 0.29) is 30.0 Å². The van der Waals surface area contributed by atoms with Crippen LogP contribution in [0.2, 0.25) is 5.02 Å². The van der Waals surface area contributed by atoms with Crippen molar-refractivity contribution in [1.29, 1.82) is 0 Å². The number of hydrogen-bond acceptors (Lipinski definition) is 5. The minimum atomic E-state index is 0. The number of hydrogen-bond donors (Lipinski definition) is 2. The van der Waals surface area contributed by atoms with Crippen molar-refractivity contribution in [1.82, 2.24) is 15.6 Å². The van der Waals surface area contributed by atoms with Gasteiger partial charge in [0.2, 0.25) is 0 Å². The highest BCUT2D eigenvalue weighted by Crippen LogP contribution is 2.25. The van der Waals surface area contributed by atoms with E-state index in [9.17, 15) is 0 Å². The highest BCUT2D eigenvalue weighted by Gasteiger charge is 2.25. The number of benzene rings is 1. The summed E-state index contributed by atoms with van der Waals surface area (Å²) in [6.45, 7) is 6.35. The van der Waals surface area contributed by atoms with E-state index < -0.39 is 0 Å². The second-order valence-electron chi connectivity index (χ2n) is 7.07. The highest BCUT2D eigenvalue weighted by molar-refractivity contribution is 14.0. The SMILES string of the molecule is CCNC(=NCc1ccc(OCCOC)cc1)NC1CCN(c2ncccc2Cl)C1.I. The Morgan fingerprint density at radius 3 is 2.77 bits per heavy atom. The number of pyridine rings is 1. The minimum absolute atomic E-state index is 0. The Kier molecular flexibility index (Phi) is 11.2. The van der Waals surface area contributed by atoms with Crippen LogP contribution in [-0.2, 0) is 11.3 Å². The van der Waals surface area contributed by atoms with Gasteiger partial charge in [-0.1, -0.05) is 23.7 Å². The third-order valence-corrected chi connectivity index (χ3v) is 5.11. The minimum Gasteiger partial charge on any atom is -0.491 e. The molecule has 1 aliphatic heterocycles. The summed E-state index contributed by atoms with van der Waals surface area (Å²) in [6, 6.07) is 12.0. The number of anilines is 1. The standard InChI is InChI=1S/C22H30ClN5O2.HI/c1-3-24-22(26-15-17-6-8-19(9-7-17)30-14-13-29-2)27-18-10-12-28(16-18)21-20(23)5-4-11-25-21;/h4-9,11,18H,3,10,12-16H2,1-2H3,(H2,24,26,27);1H. The molecular formula is C22H31ClIN5O2. The molecule has 0 amide bonds. The van der Waals surface area contributed by atoms with Gasteiger partial charge >= 0.3 is 0 Å². The zero-order chi connectivity index (χ0) is 21.2. The van der Waals surface area contributed by atoms with E-state index in [0.717, 1.165) is 49.1 Å². The molecule has 9 heteroatoms. The summed E-state index contributed by atoms with van der Waals surface area (Å²) in [5.74, 6) is 2.50. The number of halogens is 2. The van der Waals surface area contributed by atoms with E-state index in [2.05, 4.69) is 27.4 Å². The molecular weight excluding hydrogens is 529 g/mol. The van der Waals surface area contributed by atoms with Crippen molar-refractivity contribution in [3.05, 3.63) is 53.2 Å². The number of ether oxygens (including phenoxy) is 2. The molecule has 0 spiro atoms. The Morgan fingerprint density at radius 2 is 2.06 bits per heavy atom. The Bertz CT molecular complexity index is 822. The number of aromatic nitrogens is 1. The molecule has 0 radical (unpaired) electrons. The monoisotopic (exact) mass is 559 g/mol. The molecule has 1 aliphatic rings. The van der Waals surface area contributed by atoms with Crippen LogP contribution in [0.1, 0.15) is 18.9 Å². The van der Waals surface area contributed by atoms with Crippen molar-refractivity contribution in [2.75, 3.05) is 44.9 Å². The topological polar surface area (TPSA) is 71.0 Å². The lowest BCUT2D eigenvalue weighted by atomic mass is 10.2. The van der Waals surface area contributed by atoms with Gasteiger partial charge in [0.25, 0.3) is 0 Å². The molecule has 31 heavy (non-hydrogen) atoms. The van der Waals surface area contributed by atoms with E-state index in [1.807, 2.05) is 36.4 Å². The lowest BCUT2D eigenvalue weighted by molar-refractivity contribution is 0.146. The van der Waals surface area contributed by atoms with Gasteiger partial charge in [0.1, 0.15) is 18.2 Å². The molecule has 1 aromatic carbocycles. The molecule has 0 aliphatic carbocycles. The maximum absolute atomic E-state index is 6.30. The van der Waals surface area contributed by atoms with Gasteiger partial charge in [0, 0.05) is 39.0 Å². The third kappa shape index (κ3) is 8.01. The van der Waals surface area contributed by atoms with Crippen LogP contribution < -0.4 is 20.3 Å². The molecule has 1 atom stereocenters. The van der Waals surface area contributed by atoms with Crippen molar-refractivity contribution < 1.29 is 9.47 Å². The summed E-state index contributed by atoms with van der Waals surface area (Å²) in [5, 5.41) is 7.56. The van der Waals surface area contributed by atoms with Gasteiger partial charge in [0.05, 0.1) is 18.2 Å². The second-order valence-corrected chi connectivity index (χ2v) is 7.47. The third-order valence-electron chi connectivity index (χ3n) is 4.81. The first-order chi connectivity index (χ1) is 14.7. The Labute approximate surface area is 206 Å². The van der Waals surface area contributed by atoms with Crippen molar-refractivity contribution in [3.63, 3.8) is 0 Å². The first kappa shape index (κ1) is 25.5. The van der Waals surface area contributed by atoms with Gasteiger partial charge < -0.3 is 25.0 Å². The molecule has 1 aromatic heterocycles. The number of guanidine groups is 1. The summed E-state index contributed by atoms with van der Waals surface area (Å²) >= 11 is 6.30. The molecule has 2 N–H and O–H groups in total. The van der Waals surface area contributed by atoms with Crippen LogP contribution in [0.15, 0.2) is 47.6 Å². The molecule has 1 unspecified atom stereocenters. The fourth-order valence-corrected chi connectivity index (χ4v) is 3.54. The number of nitrogens with zero attached hydrogens (tertiary/aromatic N) is 3. The maximum Gasteiger partial charge on any atom is 0.191 e. The van der Waals surface area contributed by atoms with Crippen LogP contribution in [0.4, 0.5) is 5.82 Å². The first-order valence-corrected chi connectivity index (χ1v) is 10.7. The Balaban J connectivity index is 0.00000341. The molecule has 2 heterocycles. The normalized spacial score (nSPS) is 16.0. The van der Waals surface area contributed by atoms with Crippen molar-refractivity contribution >= 4 is 47.4 Å². The van der Waals surface area contributed by atoms with E-state index in [1.165, 1.54) is 0 Å². The maximum atomic E-state index is 6.30. The first-order valence-electron chi connectivity index (χ1n) is 10.3. The van der Waals surface area contributed by atoms with Crippen LogP contribution in [0.25, 0.3) is 0 Å². The predicted molar refractivity (Wildman–Crippen MR) is 137 cm³/mol. The van der Waals surface area contributed by atoms with Gasteiger partial charge in [-0.3, -0.25) is 0 Å². The average Bonchev–Trinajstić information content (AvgIpc) is 3.22. The number of nitrogens with one attached hydrogen (secondary N) is 2. The van der Waals surface area contributed by atoms with Crippen LogP contribution in [-0.4, -0.2) is 56.9 Å². The van der Waals surface area contributed by atoms with Crippen molar-refractivity contribution in [2.45, 2.75) is 25.9 Å². The predicted octanol–water partition coefficient (Wildman–Crippen LogP) is 3.71. The Hall–Kier alpha value is -1.78. The summed E-state index contributed by atoms with van der Waals surface area (Å²) in [5.41, 5.74) is 1.12. The molecule has 170 valence electrons. The van der Waals surface area contributed by atoms with Crippen molar-refractivity contribution in [2.24, 2.45) is 4.99 Å². The Morgan fingerprint density at radius 1 is 1.26 bits per heavy atom. The number of aliphatic imine (C=N–C) groups is 1. The van der Waals surface area contributed by atoms with E-state index in [0.29, 0.717) is 24.8 Å². The number of methoxy groups -OCH3 is 1. The van der Waals surface area contributed by atoms with E-state index in [4.69, 9.17) is 26.1 Å². The molecule has 7 nitrogen and oxygen atoms in total. The van der Waals surface area contributed by atoms with Crippen LogP contribution in [0, 0.1) is 0 Å². The molecule has 1 fully saturated rings. The molecule has 3 rings (SSSR count). The zero-order valence-electron chi connectivity index (χ0n) is 18.0. The van der Waals surface area contributed by atoms with E-state index >= 15 is 0 Å². The fourth-order valence-electron chi connectivity index (χ4n) is 3.30. The summed E-state index contributed by atoms with van der Waals surface area (Å²) in [7, 11) is 1.66. The lowest BCUT2D eigenvalue weighted by Gasteiger charge is -2.20. The van der Waals surface area contributed by atoms with Crippen LogP contribution >= 0.6 is 35.6 Å². The number of rotatable bonds is 9. The van der Waals surface area contributed by atoms with Gasteiger partial charge in [-0.05, 0) is 43.2 Å². The summed E-state index contributed by atoms with van der Waals surface area (Å²) in [4.78, 5) is 11.4. The van der Waals surface area contributed by atoms with Gasteiger partial charge in [-0.15, -0.1) is 24.0 Å². The molecule has 0 bridgehead atoms.